The molecule has 0 saturated carbocycles. The third kappa shape index (κ3) is 4.03. The molecule has 0 radical (unpaired) electrons. The molecule has 0 unspecified atom stereocenters. The molecule has 0 saturated heterocycles. The molecule has 164 valence electrons. The standard InChI is InChI=1S/C23H28N4O4/c1-23(2)12-31-16-7-5-4-6-14(16)20(23)27-21(28)13-8-9-17-15(10-13)19(26-22(24)25)18(29-3)11-30-17/h4-10,18-20H,11-12H2,1-3H3,(H,27,28)(H4,24,25,26)/t18-,19-,20+/m0/s1. The molecule has 2 aliphatic heterocycles. The van der Waals surface area contributed by atoms with Crippen LogP contribution in [-0.4, -0.2) is 38.3 Å². The first-order valence-electron chi connectivity index (χ1n) is 10.2. The summed E-state index contributed by atoms with van der Waals surface area (Å²) >= 11 is 0. The van der Waals surface area contributed by atoms with Gasteiger partial charge >= 0.3 is 0 Å². The largest absolute Gasteiger partial charge is 0.493 e. The Morgan fingerprint density at radius 1 is 1.13 bits per heavy atom. The van der Waals surface area contributed by atoms with E-state index >= 15 is 0 Å². The number of nitrogens with zero attached hydrogens (tertiary/aromatic N) is 1. The van der Waals surface area contributed by atoms with Crippen LogP contribution in [0.15, 0.2) is 47.5 Å². The maximum Gasteiger partial charge on any atom is 0.251 e. The van der Waals surface area contributed by atoms with Crippen LogP contribution in [0.3, 0.4) is 0 Å². The van der Waals surface area contributed by atoms with Crippen molar-refractivity contribution in [1.29, 1.82) is 0 Å². The van der Waals surface area contributed by atoms with E-state index in [9.17, 15) is 4.79 Å². The van der Waals surface area contributed by atoms with Crippen molar-refractivity contribution in [1.82, 2.24) is 5.32 Å². The molecule has 8 heteroatoms. The van der Waals surface area contributed by atoms with Gasteiger partial charge < -0.3 is 31.0 Å². The normalized spacial score (nSPS) is 23.4. The number of rotatable bonds is 4. The number of ether oxygens (including phenoxy) is 3. The van der Waals surface area contributed by atoms with E-state index in [4.69, 9.17) is 25.7 Å². The smallest absolute Gasteiger partial charge is 0.251 e. The van der Waals surface area contributed by atoms with Crippen molar-refractivity contribution in [3.8, 4) is 11.5 Å². The Bertz CT molecular complexity index is 1020. The van der Waals surface area contributed by atoms with Crippen LogP contribution < -0.4 is 26.3 Å². The molecule has 31 heavy (non-hydrogen) atoms. The minimum Gasteiger partial charge on any atom is -0.493 e. The summed E-state index contributed by atoms with van der Waals surface area (Å²) in [6, 6.07) is 12.4. The molecule has 2 aliphatic rings. The van der Waals surface area contributed by atoms with E-state index in [0.717, 1.165) is 11.3 Å². The number of nitrogens with two attached hydrogens (primary N) is 2. The molecule has 0 spiro atoms. The number of methoxy groups -OCH3 is 1. The number of guanidine groups is 1. The number of hydrogen-bond donors (Lipinski definition) is 3. The highest BCUT2D eigenvalue weighted by Gasteiger charge is 2.39. The topological polar surface area (TPSA) is 121 Å². The second kappa shape index (κ2) is 8.11. The molecule has 4 rings (SSSR count). The molecule has 0 aliphatic carbocycles. The number of benzene rings is 2. The zero-order valence-corrected chi connectivity index (χ0v) is 17.9. The lowest BCUT2D eigenvalue weighted by Crippen LogP contribution is -2.44. The van der Waals surface area contributed by atoms with Crippen LogP contribution in [0.4, 0.5) is 0 Å². The summed E-state index contributed by atoms with van der Waals surface area (Å²) in [7, 11) is 1.58. The Kier molecular flexibility index (Phi) is 5.49. The lowest BCUT2D eigenvalue weighted by Gasteiger charge is -2.40. The van der Waals surface area contributed by atoms with Crippen molar-refractivity contribution in [2.45, 2.75) is 32.0 Å². The average molecular weight is 425 g/mol. The van der Waals surface area contributed by atoms with Crippen LogP contribution in [0, 0.1) is 5.41 Å². The highest BCUT2D eigenvalue weighted by Crippen LogP contribution is 2.43. The average Bonchev–Trinajstić information content (AvgIpc) is 2.75. The fourth-order valence-electron chi connectivity index (χ4n) is 4.13. The molecule has 2 heterocycles. The van der Waals surface area contributed by atoms with E-state index in [1.807, 2.05) is 24.3 Å². The Labute approximate surface area is 181 Å². The summed E-state index contributed by atoms with van der Waals surface area (Å²) in [4.78, 5) is 17.6. The molecule has 0 fully saturated rings. The zero-order valence-electron chi connectivity index (χ0n) is 17.9. The molecule has 2 aromatic rings. The molecule has 0 bridgehead atoms. The van der Waals surface area contributed by atoms with Gasteiger partial charge in [-0.15, -0.1) is 0 Å². The number of amides is 1. The Hall–Kier alpha value is -3.26. The number of carbonyl (C=O) groups excluding carboxylic acids is 1. The summed E-state index contributed by atoms with van der Waals surface area (Å²) in [5.41, 5.74) is 13.2. The van der Waals surface area contributed by atoms with Gasteiger partial charge in [0.15, 0.2) is 5.96 Å². The van der Waals surface area contributed by atoms with Gasteiger partial charge in [-0.05, 0) is 24.3 Å². The van der Waals surface area contributed by atoms with E-state index in [0.29, 0.717) is 30.1 Å². The van der Waals surface area contributed by atoms with Crippen LogP contribution in [0.2, 0.25) is 0 Å². The van der Waals surface area contributed by atoms with Crippen molar-refractivity contribution in [3.05, 3.63) is 59.2 Å². The Balaban J connectivity index is 1.65. The molecular weight excluding hydrogens is 396 g/mol. The summed E-state index contributed by atoms with van der Waals surface area (Å²) in [6.07, 6.45) is -0.353. The van der Waals surface area contributed by atoms with Gasteiger partial charge in [0, 0.05) is 29.2 Å². The molecule has 8 nitrogen and oxygen atoms in total. The van der Waals surface area contributed by atoms with E-state index in [2.05, 4.69) is 24.2 Å². The van der Waals surface area contributed by atoms with Gasteiger partial charge in [-0.3, -0.25) is 4.79 Å². The first-order chi connectivity index (χ1) is 14.8. The first kappa shape index (κ1) is 21.0. The van der Waals surface area contributed by atoms with Gasteiger partial charge in [-0.1, -0.05) is 32.0 Å². The SMILES string of the molecule is CO[C@H]1COc2ccc(C(=O)N[C@@H]3c4ccccc4OCC3(C)C)cc2[C@@H]1N=C(N)N. The zero-order chi connectivity index (χ0) is 22.2. The van der Waals surface area contributed by atoms with Crippen molar-refractivity contribution in [3.63, 3.8) is 0 Å². The summed E-state index contributed by atoms with van der Waals surface area (Å²) in [6.45, 7) is 4.98. The van der Waals surface area contributed by atoms with Gasteiger partial charge in [-0.2, -0.15) is 0 Å². The predicted molar refractivity (Wildman–Crippen MR) is 117 cm³/mol. The third-order valence-electron chi connectivity index (χ3n) is 5.82. The maximum absolute atomic E-state index is 13.3. The molecular formula is C23H28N4O4. The van der Waals surface area contributed by atoms with E-state index in [1.54, 1.807) is 25.3 Å². The van der Waals surface area contributed by atoms with Crippen LogP contribution in [0.5, 0.6) is 11.5 Å². The van der Waals surface area contributed by atoms with Gasteiger partial charge in [0.2, 0.25) is 0 Å². The number of para-hydroxylation sites is 1. The highest BCUT2D eigenvalue weighted by atomic mass is 16.5. The number of fused-ring (bicyclic) bond motifs is 2. The molecule has 5 N–H and O–H groups in total. The number of hydrogen-bond acceptors (Lipinski definition) is 5. The minimum absolute atomic E-state index is 0.0460. The van der Waals surface area contributed by atoms with Crippen molar-refractivity contribution in [2.75, 3.05) is 20.3 Å². The molecule has 2 aromatic carbocycles. The second-order valence-electron chi connectivity index (χ2n) is 8.56. The van der Waals surface area contributed by atoms with Crippen molar-refractivity contribution < 1.29 is 19.0 Å². The minimum atomic E-state index is -0.452. The lowest BCUT2D eigenvalue weighted by molar-refractivity contribution is 0.0265. The van der Waals surface area contributed by atoms with E-state index < -0.39 is 6.04 Å². The lowest BCUT2D eigenvalue weighted by atomic mass is 9.79. The first-order valence-corrected chi connectivity index (χ1v) is 10.2. The summed E-state index contributed by atoms with van der Waals surface area (Å²) in [5, 5.41) is 3.19. The predicted octanol–water partition coefficient (Wildman–Crippen LogP) is 2.30. The number of nitrogens with one attached hydrogen (secondary N) is 1. The fraction of sp³-hybridized carbons (Fsp3) is 0.391. The van der Waals surface area contributed by atoms with Crippen LogP contribution >= 0.6 is 0 Å². The maximum atomic E-state index is 13.3. The van der Waals surface area contributed by atoms with Gasteiger partial charge in [0.05, 0.1) is 12.6 Å². The Morgan fingerprint density at radius 2 is 1.87 bits per heavy atom. The van der Waals surface area contributed by atoms with E-state index in [-0.39, 0.29) is 29.4 Å². The van der Waals surface area contributed by atoms with Gasteiger partial charge in [-0.25, -0.2) is 4.99 Å². The van der Waals surface area contributed by atoms with Crippen molar-refractivity contribution >= 4 is 11.9 Å². The summed E-state index contributed by atoms with van der Waals surface area (Å²) < 4.78 is 17.2. The van der Waals surface area contributed by atoms with Crippen molar-refractivity contribution in [2.24, 2.45) is 21.9 Å². The second-order valence-corrected chi connectivity index (χ2v) is 8.56. The number of carbonyl (C=O) groups is 1. The molecule has 1 amide bonds. The molecule has 3 atom stereocenters. The van der Waals surface area contributed by atoms with Gasteiger partial charge in [0.25, 0.3) is 5.91 Å². The van der Waals surface area contributed by atoms with Crippen LogP contribution in [0.1, 0.15) is 47.4 Å². The highest BCUT2D eigenvalue weighted by molar-refractivity contribution is 5.95. The fourth-order valence-corrected chi connectivity index (χ4v) is 4.13. The van der Waals surface area contributed by atoms with Crippen LogP contribution in [-0.2, 0) is 4.74 Å². The third-order valence-corrected chi connectivity index (χ3v) is 5.82. The van der Waals surface area contributed by atoms with E-state index in [1.165, 1.54) is 0 Å². The summed E-state index contributed by atoms with van der Waals surface area (Å²) in [5.74, 6) is 1.19. The quantitative estimate of drug-likeness (QED) is 0.511. The number of aliphatic imine (C=N–C) groups is 1. The van der Waals surface area contributed by atoms with Crippen LogP contribution in [0.25, 0.3) is 0 Å². The Morgan fingerprint density at radius 3 is 2.61 bits per heavy atom. The van der Waals surface area contributed by atoms with Gasteiger partial charge in [0.1, 0.15) is 30.3 Å². The molecule has 0 aromatic heterocycles. The monoisotopic (exact) mass is 424 g/mol.